The summed E-state index contributed by atoms with van der Waals surface area (Å²) in [6.45, 7) is 9.66. The minimum Gasteiger partial charge on any atom is -0.396 e. The third-order valence-corrected chi connectivity index (χ3v) is 4.58. The second-order valence-corrected chi connectivity index (χ2v) is 7.50. The first-order valence-electron chi connectivity index (χ1n) is 7.67. The van der Waals surface area contributed by atoms with E-state index in [0.29, 0.717) is 6.54 Å². The van der Waals surface area contributed by atoms with E-state index < -0.39 is 0 Å². The predicted octanol–water partition coefficient (Wildman–Crippen LogP) is 3.12. The van der Waals surface area contributed by atoms with Gasteiger partial charge in [0.15, 0.2) is 0 Å². The Hall–Kier alpha value is -0.570. The molecule has 0 spiro atoms. The SMILES string of the molecule is CC(C)(CCCO)CNC(=O)C1CCCCC1(C)C. The first-order chi connectivity index (χ1) is 8.78. The van der Waals surface area contributed by atoms with Crippen molar-refractivity contribution in [2.24, 2.45) is 16.7 Å². The highest BCUT2D eigenvalue weighted by Crippen LogP contribution is 2.40. The van der Waals surface area contributed by atoms with Crippen molar-refractivity contribution in [2.75, 3.05) is 13.2 Å². The molecule has 0 saturated heterocycles. The summed E-state index contributed by atoms with van der Waals surface area (Å²) in [6.07, 6.45) is 6.35. The lowest BCUT2D eigenvalue weighted by molar-refractivity contribution is -0.130. The van der Waals surface area contributed by atoms with Gasteiger partial charge in [0, 0.05) is 19.1 Å². The molecule has 0 bridgehead atoms. The van der Waals surface area contributed by atoms with Gasteiger partial charge >= 0.3 is 0 Å². The number of aliphatic hydroxyl groups is 1. The second-order valence-electron chi connectivity index (χ2n) is 7.50. The minimum atomic E-state index is 0.0667. The number of aliphatic hydroxyl groups excluding tert-OH is 1. The Bertz CT molecular complexity index is 297. The molecule has 112 valence electrons. The molecule has 0 aromatic carbocycles. The van der Waals surface area contributed by atoms with Crippen molar-refractivity contribution >= 4 is 5.91 Å². The van der Waals surface area contributed by atoms with E-state index in [9.17, 15) is 4.79 Å². The van der Waals surface area contributed by atoms with Gasteiger partial charge in [-0.1, -0.05) is 40.5 Å². The molecule has 0 radical (unpaired) electrons. The van der Waals surface area contributed by atoms with Crippen LogP contribution in [0.5, 0.6) is 0 Å². The fraction of sp³-hybridized carbons (Fsp3) is 0.938. The Labute approximate surface area is 118 Å². The van der Waals surface area contributed by atoms with E-state index in [2.05, 4.69) is 33.0 Å². The number of carbonyl (C=O) groups excluding carboxylic acids is 1. The Kier molecular flexibility index (Phi) is 5.84. The molecule has 1 aliphatic rings. The Morgan fingerprint density at radius 1 is 1.37 bits per heavy atom. The van der Waals surface area contributed by atoms with E-state index >= 15 is 0 Å². The second kappa shape index (κ2) is 6.74. The molecular weight excluding hydrogens is 238 g/mol. The monoisotopic (exact) mass is 269 g/mol. The molecule has 2 N–H and O–H groups in total. The zero-order chi connectivity index (χ0) is 14.5. The number of rotatable bonds is 6. The van der Waals surface area contributed by atoms with Gasteiger partial charge in [-0.15, -0.1) is 0 Å². The molecule has 0 aromatic rings. The average molecular weight is 269 g/mol. The van der Waals surface area contributed by atoms with Crippen molar-refractivity contribution in [2.45, 2.75) is 66.2 Å². The van der Waals surface area contributed by atoms with Crippen molar-refractivity contribution in [1.29, 1.82) is 0 Å². The number of hydrogen-bond acceptors (Lipinski definition) is 2. The van der Waals surface area contributed by atoms with Crippen LogP contribution in [-0.4, -0.2) is 24.2 Å². The van der Waals surface area contributed by atoms with Crippen LogP contribution in [0.25, 0.3) is 0 Å². The van der Waals surface area contributed by atoms with Gasteiger partial charge < -0.3 is 10.4 Å². The van der Waals surface area contributed by atoms with E-state index in [1.165, 1.54) is 12.8 Å². The van der Waals surface area contributed by atoms with Gasteiger partial charge in [0.25, 0.3) is 0 Å². The predicted molar refractivity (Wildman–Crippen MR) is 78.8 cm³/mol. The summed E-state index contributed by atoms with van der Waals surface area (Å²) in [5.41, 5.74) is 0.203. The topological polar surface area (TPSA) is 49.3 Å². The lowest BCUT2D eigenvalue weighted by Crippen LogP contribution is -2.44. The first-order valence-corrected chi connectivity index (χ1v) is 7.67. The Morgan fingerprint density at radius 2 is 2.05 bits per heavy atom. The van der Waals surface area contributed by atoms with E-state index in [4.69, 9.17) is 5.11 Å². The molecule has 19 heavy (non-hydrogen) atoms. The molecule has 1 saturated carbocycles. The lowest BCUT2D eigenvalue weighted by Gasteiger charge is -2.38. The van der Waals surface area contributed by atoms with Crippen molar-refractivity contribution in [3.63, 3.8) is 0 Å². The fourth-order valence-electron chi connectivity index (χ4n) is 3.08. The highest BCUT2D eigenvalue weighted by molar-refractivity contribution is 5.79. The molecule has 0 aromatic heterocycles. The van der Waals surface area contributed by atoms with E-state index in [1.807, 2.05) is 0 Å². The van der Waals surface area contributed by atoms with Crippen LogP contribution in [0.4, 0.5) is 0 Å². The van der Waals surface area contributed by atoms with Crippen LogP contribution in [-0.2, 0) is 4.79 Å². The molecule has 3 nitrogen and oxygen atoms in total. The minimum absolute atomic E-state index is 0.0667. The molecule has 0 heterocycles. The van der Waals surface area contributed by atoms with Crippen molar-refractivity contribution in [3.8, 4) is 0 Å². The van der Waals surface area contributed by atoms with Crippen molar-refractivity contribution in [3.05, 3.63) is 0 Å². The zero-order valence-corrected chi connectivity index (χ0v) is 13.1. The molecule has 1 unspecified atom stereocenters. The maximum absolute atomic E-state index is 12.4. The molecule has 1 fully saturated rings. The number of amides is 1. The van der Waals surface area contributed by atoms with Crippen LogP contribution >= 0.6 is 0 Å². The first kappa shape index (κ1) is 16.5. The van der Waals surface area contributed by atoms with Gasteiger partial charge in [-0.3, -0.25) is 4.79 Å². The molecular formula is C16H31NO2. The molecule has 3 heteroatoms. The molecule has 1 amide bonds. The van der Waals surface area contributed by atoms with Crippen LogP contribution in [0.15, 0.2) is 0 Å². The highest BCUT2D eigenvalue weighted by atomic mass is 16.2. The van der Waals surface area contributed by atoms with Crippen LogP contribution in [0, 0.1) is 16.7 Å². The Balaban J connectivity index is 2.46. The number of nitrogens with one attached hydrogen (secondary N) is 1. The zero-order valence-electron chi connectivity index (χ0n) is 13.1. The van der Waals surface area contributed by atoms with Gasteiger partial charge in [-0.2, -0.15) is 0 Å². The number of carbonyl (C=O) groups is 1. The largest absolute Gasteiger partial charge is 0.396 e. The maximum atomic E-state index is 12.4. The van der Waals surface area contributed by atoms with Gasteiger partial charge in [0.2, 0.25) is 5.91 Å². The van der Waals surface area contributed by atoms with Crippen LogP contribution < -0.4 is 5.32 Å². The number of hydrogen-bond donors (Lipinski definition) is 2. The molecule has 0 aliphatic heterocycles. The fourth-order valence-corrected chi connectivity index (χ4v) is 3.08. The Morgan fingerprint density at radius 3 is 2.63 bits per heavy atom. The summed E-state index contributed by atoms with van der Waals surface area (Å²) in [5, 5.41) is 12.0. The van der Waals surface area contributed by atoms with Crippen molar-refractivity contribution < 1.29 is 9.90 Å². The summed E-state index contributed by atoms with van der Waals surface area (Å²) in [7, 11) is 0. The highest BCUT2D eigenvalue weighted by Gasteiger charge is 2.37. The van der Waals surface area contributed by atoms with Gasteiger partial charge in [-0.25, -0.2) is 0 Å². The quantitative estimate of drug-likeness (QED) is 0.778. The standard InChI is InChI=1S/C16H31NO2/c1-15(2,9-7-11-18)12-17-14(19)13-8-5-6-10-16(13,3)4/h13,18H,5-12H2,1-4H3,(H,17,19). The van der Waals surface area contributed by atoms with Crippen LogP contribution in [0.1, 0.15) is 66.2 Å². The summed E-state index contributed by atoms with van der Waals surface area (Å²) in [5.74, 6) is 0.386. The summed E-state index contributed by atoms with van der Waals surface area (Å²) in [4.78, 5) is 12.4. The van der Waals surface area contributed by atoms with Gasteiger partial charge in [0.05, 0.1) is 0 Å². The van der Waals surface area contributed by atoms with Gasteiger partial charge in [-0.05, 0) is 36.5 Å². The summed E-state index contributed by atoms with van der Waals surface area (Å²) < 4.78 is 0. The van der Waals surface area contributed by atoms with E-state index in [1.54, 1.807) is 0 Å². The summed E-state index contributed by atoms with van der Waals surface area (Å²) >= 11 is 0. The average Bonchev–Trinajstić information content (AvgIpc) is 2.33. The normalized spacial score (nSPS) is 23.1. The third kappa shape index (κ3) is 5.13. The van der Waals surface area contributed by atoms with E-state index in [-0.39, 0.29) is 29.3 Å². The lowest BCUT2D eigenvalue weighted by atomic mass is 9.68. The third-order valence-electron chi connectivity index (χ3n) is 4.58. The molecule has 1 aliphatic carbocycles. The van der Waals surface area contributed by atoms with Crippen LogP contribution in [0.2, 0.25) is 0 Å². The smallest absolute Gasteiger partial charge is 0.223 e. The van der Waals surface area contributed by atoms with Crippen molar-refractivity contribution in [1.82, 2.24) is 5.32 Å². The van der Waals surface area contributed by atoms with Gasteiger partial charge in [0.1, 0.15) is 0 Å². The summed E-state index contributed by atoms with van der Waals surface area (Å²) in [6, 6.07) is 0. The van der Waals surface area contributed by atoms with Crippen LogP contribution in [0.3, 0.4) is 0 Å². The maximum Gasteiger partial charge on any atom is 0.223 e. The molecule has 1 atom stereocenters. The van der Waals surface area contributed by atoms with E-state index in [0.717, 1.165) is 25.7 Å². The molecule has 1 rings (SSSR count).